The van der Waals surface area contributed by atoms with E-state index in [4.69, 9.17) is 4.52 Å². The number of sulfonamides is 1. The highest BCUT2D eigenvalue weighted by molar-refractivity contribution is 7.89. The van der Waals surface area contributed by atoms with Gasteiger partial charge in [0.05, 0.1) is 11.4 Å². The van der Waals surface area contributed by atoms with Crippen LogP contribution < -0.4 is 4.72 Å². The third kappa shape index (κ3) is 2.89. The van der Waals surface area contributed by atoms with E-state index >= 15 is 0 Å². The number of aromatic nitrogens is 2. The molecule has 1 N–H and O–H groups in total. The van der Waals surface area contributed by atoms with Crippen LogP contribution in [0.15, 0.2) is 39.8 Å². The predicted octanol–water partition coefficient (Wildman–Crippen LogP) is 0.857. The largest absolute Gasteiger partial charge is 0.338 e. The van der Waals surface area contributed by atoms with Crippen molar-refractivity contribution in [3.63, 3.8) is 0 Å². The molecule has 0 unspecified atom stereocenters. The first-order chi connectivity index (χ1) is 8.08. The highest BCUT2D eigenvalue weighted by atomic mass is 32.2. The van der Waals surface area contributed by atoms with Gasteiger partial charge in [-0.25, -0.2) is 13.1 Å². The monoisotopic (exact) mass is 253 g/mol. The summed E-state index contributed by atoms with van der Waals surface area (Å²) in [5, 5.41) is 3.57. The highest BCUT2D eigenvalue weighted by Crippen LogP contribution is 2.07. The SMILES string of the molecule is Cc1noc(CNS(=O)(=O)c2ccccc2)n1. The average Bonchev–Trinajstić information content (AvgIpc) is 2.74. The molecule has 0 fully saturated rings. The van der Waals surface area contributed by atoms with E-state index < -0.39 is 10.0 Å². The van der Waals surface area contributed by atoms with E-state index in [1.807, 2.05) is 0 Å². The zero-order valence-corrected chi connectivity index (χ0v) is 9.94. The first-order valence-corrected chi connectivity index (χ1v) is 6.40. The molecule has 0 bridgehead atoms. The van der Waals surface area contributed by atoms with E-state index in [0.717, 1.165) is 0 Å². The van der Waals surface area contributed by atoms with Crippen LogP contribution in [0.25, 0.3) is 0 Å². The molecule has 0 radical (unpaired) electrons. The summed E-state index contributed by atoms with van der Waals surface area (Å²) in [6, 6.07) is 8.10. The molecule has 0 aliphatic carbocycles. The fourth-order valence-corrected chi connectivity index (χ4v) is 2.25. The topological polar surface area (TPSA) is 85.1 Å². The van der Waals surface area contributed by atoms with Crippen LogP contribution in [0.3, 0.4) is 0 Å². The number of aryl methyl sites for hydroxylation is 1. The smallest absolute Gasteiger partial charge is 0.241 e. The lowest BCUT2D eigenvalue weighted by molar-refractivity contribution is 0.372. The van der Waals surface area contributed by atoms with Gasteiger partial charge in [-0.3, -0.25) is 0 Å². The van der Waals surface area contributed by atoms with E-state index in [-0.39, 0.29) is 17.3 Å². The van der Waals surface area contributed by atoms with E-state index in [2.05, 4.69) is 14.9 Å². The molecule has 7 heteroatoms. The number of rotatable bonds is 4. The summed E-state index contributed by atoms with van der Waals surface area (Å²) in [7, 11) is -3.53. The molecule has 0 aliphatic rings. The Kier molecular flexibility index (Phi) is 3.21. The van der Waals surface area contributed by atoms with Crippen molar-refractivity contribution in [2.45, 2.75) is 18.4 Å². The van der Waals surface area contributed by atoms with Gasteiger partial charge in [0, 0.05) is 0 Å². The number of nitrogens with zero attached hydrogens (tertiary/aromatic N) is 2. The lowest BCUT2D eigenvalue weighted by Crippen LogP contribution is -2.23. The van der Waals surface area contributed by atoms with Gasteiger partial charge in [0.25, 0.3) is 0 Å². The molecule has 0 saturated carbocycles. The van der Waals surface area contributed by atoms with Crippen molar-refractivity contribution in [2.24, 2.45) is 0 Å². The molecule has 0 atom stereocenters. The minimum Gasteiger partial charge on any atom is -0.338 e. The van der Waals surface area contributed by atoms with Crippen LogP contribution in [-0.2, 0) is 16.6 Å². The zero-order chi connectivity index (χ0) is 12.3. The molecular weight excluding hydrogens is 242 g/mol. The minimum absolute atomic E-state index is 0.0158. The van der Waals surface area contributed by atoms with Crippen molar-refractivity contribution >= 4 is 10.0 Å². The van der Waals surface area contributed by atoms with Crippen LogP contribution in [0.2, 0.25) is 0 Å². The molecule has 0 spiro atoms. The molecule has 0 saturated heterocycles. The summed E-state index contributed by atoms with van der Waals surface area (Å²) in [6.07, 6.45) is 0. The van der Waals surface area contributed by atoms with Gasteiger partial charge in [-0.15, -0.1) is 0 Å². The second-order valence-corrected chi connectivity index (χ2v) is 5.14. The van der Waals surface area contributed by atoms with Gasteiger partial charge in [-0.05, 0) is 19.1 Å². The molecule has 90 valence electrons. The third-order valence-corrected chi connectivity index (χ3v) is 3.45. The Morgan fingerprint density at radius 2 is 2.00 bits per heavy atom. The van der Waals surface area contributed by atoms with E-state index in [1.54, 1.807) is 25.1 Å². The fourth-order valence-electron chi connectivity index (χ4n) is 1.25. The normalized spacial score (nSPS) is 11.6. The summed E-state index contributed by atoms with van der Waals surface area (Å²) in [4.78, 5) is 4.11. The second kappa shape index (κ2) is 4.64. The van der Waals surface area contributed by atoms with Crippen molar-refractivity contribution in [3.05, 3.63) is 42.0 Å². The van der Waals surface area contributed by atoms with Crippen molar-refractivity contribution < 1.29 is 12.9 Å². The number of hydrogen-bond acceptors (Lipinski definition) is 5. The molecule has 1 aromatic heterocycles. The Morgan fingerprint density at radius 3 is 2.59 bits per heavy atom. The molecular formula is C10H11N3O3S. The first kappa shape index (κ1) is 11.7. The van der Waals surface area contributed by atoms with Crippen LogP contribution in [-0.4, -0.2) is 18.6 Å². The van der Waals surface area contributed by atoms with Crippen LogP contribution in [0.1, 0.15) is 11.7 Å². The number of nitrogens with one attached hydrogen (secondary N) is 1. The summed E-state index contributed by atoms with van der Waals surface area (Å²) >= 11 is 0. The zero-order valence-electron chi connectivity index (χ0n) is 9.12. The maximum atomic E-state index is 11.8. The van der Waals surface area contributed by atoms with Crippen molar-refractivity contribution in [2.75, 3.05) is 0 Å². The quantitative estimate of drug-likeness (QED) is 0.873. The molecule has 0 amide bonds. The molecule has 17 heavy (non-hydrogen) atoms. The van der Waals surface area contributed by atoms with Crippen LogP contribution in [0.4, 0.5) is 0 Å². The summed E-state index contributed by atoms with van der Waals surface area (Å²) in [6.45, 7) is 1.65. The standard InChI is InChI=1S/C10H11N3O3S/c1-8-12-10(16-13-8)7-11-17(14,15)9-5-3-2-4-6-9/h2-6,11H,7H2,1H3. The van der Waals surface area contributed by atoms with Gasteiger partial charge in [0.15, 0.2) is 5.82 Å². The molecule has 0 aliphatic heterocycles. The molecule has 2 rings (SSSR count). The lowest BCUT2D eigenvalue weighted by Gasteiger charge is -2.03. The predicted molar refractivity (Wildman–Crippen MR) is 59.5 cm³/mol. The van der Waals surface area contributed by atoms with Crippen molar-refractivity contribution in [1.82, 2.24) is 14.9 Å². The lowest BCUT2D eigenvalue weighted by atomic mass is 10.4. The number of hydrogen-bond donors (Lipinski definition) is 1. The third-order valence-electron chi connectivity index (χ3n) is 2.04. The maximum absolute atomic E-state index is 11.8. The fraction of sp³-hybridized carbons (Fsp3) is 0.200. The van der Waals surface area contributed by atoms with E-state index in [1.165, 1.54) is 12.1 Å². The molecule has 1 heterocycles. The number of benzene rings is 1. The summed E-state index contributed by atoms with van der Waals surface area (Å²) in [5.41, 5.74) is 0. The van der Waals surface area contributed by atoms with Gasteiger partial charge in [-0.1, -0.05) is 23.4 Å². The Morgan fingerprint density at radius 1 is 1.29 bits per heavy atom. The van der Waals surface area contributed by atoms with Crippen LogP contribution >= 0.6 is 0 Å². The van der Waals surface area contributed by atoms with Crippen molar-refractivity contribution in [1.29, 1.82) is 0 Å². The van der Waals surface area contributed by atoms with E-state index in [0.29, 0.717) is 5.82 Å². The van der Waals surface area contributed by atoms with Gasteiger partial charge < -0.3 is 4.52 Å². The van der Waals surface area contributed by atoms with Gasteiger partial charge in [-0.2, -0.15) is 4.98 Å². The van der Waals surface area contributed by atoms with Gasteiger partial charge in [0.1, 0.15) is 0 Å². The minimum atomic E-state index is -3.53. The highest BCUT2D eigenvalue weighted by Gasteiger charge is 2.14. The second-order valence-electron chi connectivity index (χ2n) is 3.37. The Labute approximate surface area is 98.7 Å². The molecule has 6 nitrogen and oxygen atoms in total. The Hall–Kier alpha value is -1.73. The first-order valence-electron chi connectivity index (χ1n) is 4.92. The molecule has 2 aromatic rings. The Balaban J connectivity index is 2.09. The van der Waals surface area contributed by atoms with E-state index in [9.17, 15) is 8.42 Å². The average molecular weight is 253 g/mol. The molecule has 1 aromatic carbocycles. The van der Waals surface area contributed by atoms with Crippen LogP contribution in [0.5, 0.6) is 0 Å². The Bertz CT molecular complexity index is 592. The summed E-state index contributed by atoms with van der Waals surface area (Å²) < 4.78 is 30.8. The van der Waals surface area contributed by atoms with Crippen LogP contribution in [0, 0.1) is 6.92 Å². The maximum Gasteiger partial charge on any atom is 0.241 e. The summed E-state index contributed by atoms with van der Waals surface area (Å²) in [5.74, 6) is 0.709. The van der Waals surface area contributed by atoms with Gasteiger partial charge in [0.2, 0.25) is 15.9 Å². The van der Waals surface area contributed by atoms with Gasteiger partial charge >= 0.3 is 0 Å². The van der Waals surface area contributed by atoms with Crippen molar-refractivity contribution in [3.8, 4) is 0 Å².